The van der Waals surface area contributed by atoms with Gasteiger partial charge in [0, 0.05) is 21.7 Å². The first-order valence-electron chi connectivity index (χ1n) is 6.73. The summed E-state index contributed by atoms with van der Waals surface area (Å²) in [6.07, 6.45) is 0. The lowest BCUT2D eigenvalue weighted by atomic mass is 10.0. The average Bonchev–Trinajstić information content (AvgIpc) is 2.45. The van der Waals surface area contributed by atoms with Crippen molar-refractivity contribution in [3.63, 3.8) is 0 Å². The molecule has 1 unspecified atom stereocenters. The monoisotopic (exact) mass is 305 g/mol. The van der Waals surface area contributed by atoms with E-state index in [2.05, 4.69) is 49.5 Å². The lowest BCUT2D eigenvalue weighted by molar-refractivity contribution is 0.657. The van der Waals surface area contributed by atoms with Crippen LogP contribution in [-0.4, -0.2) is 12.8 Å². The summed E-state index contributed by atoms with van der Waals surface area (Å²) in [6.45, 7) is 4.31. The van der Waals surface area contributed by atoms with Crippen LogP contribution >= 0.6 is 23.4 Å². The summed E-state index contributed by atoms with van der Waals surface area (Å²) in [5.74, 6) is 1.00. The summed E-state index contributed by atoms with van der Waals surface area (Å²) in [7, 11) is 2.02. The van der Waals surface area contributed by atoms with Gasteiger partial charge in [-0.15, -0.1) is 11.8 Å². The quantitative estimate of drug-likeness (QED) is 0.779. The maximum atomic E-state index is 5.91. The minimum Gasteiger partial charge on any atom is -0.312 e. The molecule has 2 rings (SSSR count). The Balaban J connectivity index is 2.09. The molecule has 1 atom stereocenters. The molecule has 3 heteroatoms. The topological polar surface area (TPSA) is 12.0 Å². The highest BCUT2D eigenvalue weighted by Gasteiger charge is 2.12. The highest BCUT2D eigenvalue weighted by molar-refractivity contribution is 7.99. The fourth-order valence-electron chi connectivity index (χ4n) is 2.17. The molecule has 0 aromatic heterocycles. The number of rotatable bonds is 5. The van der Waals surface area contributed by atoms with Gasteiger partial charge in [0.1, 0.15) is 0 Å². The van der Waals surface area contributed by atoms with Crippen LogP contribution in [0.3, 0.4) is 0 Å². The molecular formula is C17H20ClNS. The van der Waals surface area contributed by atoms with Gasteiger partial charge in [0.15, 0.2) is 0 Å². The van der Waals surface area contributed by atoms with Gasteiger partial charge >= 0.3 is 0 Å². The average molecular weight is 306 g/mol. The number of benzene rings is 2. The number of thioether (sulfide) groups is 1. The third-order valence-corrected chi connectivity index (χ3v) is 4.75. The van der Waals surface area contributed by atoms with Crippen LogP contribution < -0.4 is 5.32 Å². The largest absolute Gasteiger partial charge is 0.312 e. The smallest absolute Gasteiger partial charge is 0.0415 e. The van der Waals surface area contributed by atoms with Gasteiger partial charge in [0.25, 0.3) is 0 Å². The zero-order valence-electron chi connectivity index (χ0n) is 12.1. The minimum absolute atomic E-state index is 0.357. The van der Waals surface area contributed by atoms with Crippen LogP contribution in [0.2, 0.25) is 5.02 Å². The number of hydrogen-bond acceptors (Lipinski definition) is 2. The molecule has 106 valence electrons. The van der Waals surface area contributed by atoms with Gasteiger partial charge in [-0.1, -0.05) is 35.4 Å². The Labute approximate surface area is 130 Å². The molecule has 0 saturated carbocycles. The predicted molar refractivity (Wildman–Crippen MR) is 89.9 cm³/mol. The van der Waals surface area contributed by atoms with Crippen LogP contribution in [0.5, 0.6) is 0 Å². The van der Waals surface area contributed by atoms with E-state index in [1.54, 1.807) is 0 Å². The Morgan fingerprint density at radius 3 is 2.45 bits per heavy atom. The first-order valence-corrected chi connectivity index (χ1v) is 8.09. The summed E-state index contributed by atoms with van der Waals surface area (Å²) in [6, 6.07) is 15.0. The first-order chi connectivity index (χ1) is 9.60. The van der Waals surface area contributed by atoms with Crippen molar-refractivity contribution in [2.24, 2.45) is 0 Å². The second kappa shape index (κ2) is 7.16. The van der Waals surface area contributed by atoms with Crippen molar-refractivity contribution in [3.8, 4) is 0 Å². The molecule has 0 bridgehead atoms. The Hall–Kier alpha value is -0.960. The van der Waals surface area contributed by atoms with Crippen LogP contribution in [0.1, 0.15) is 22.7 Å². The molecule has 0 radical (unpaired) electrons. The molecule has 2 aromatic carbocycles. The Morgan fingerprint density at radius 1 is 1.10 bits per heavy atom. The molecule has 0 aliphatic carbocycles. The van der Waals surface area contributed by atoms with E-state index in [4.69, 9.17) is 11.6 Å². The van der Waals surface area contributed by atoms with E-state index in [-0.39, 0.29) is 0 Å². The maximum absolute atomic E-state index is 5.91. The Kier molecular flexibility index (Phi) is 5.53. The number of hydrogen-bond donors (Lipinski definition) is 1. The molecule has 0 fully saturated rings. The van der Waals surface area contributed by atoms with Crippen molar-refractivity contribution < 1.29 is 0 Å². The van der Waals surface area contributed by atoms with Gasteiger partial charge in [0.05, 0.1) is 0 Å². The highest BCUT2D eigenvalue weighted by Crippen LogP contribution is 2.27. The van der Waals surface area contributed by atoms with Crippen LogP contribution in [0.25, 0.3) is 0 Å². The third kappa shape index (κ3) is 4.02. The van der Waals surface area contributed by atoms with Crippen molar-refractivity contribution in [1.82, 2.24) is 5.32 Å². The summed E-state index contributed by atoms with van der Waals surface area (Å²) < 4.78 is 0. The van der Waals surface area contributed by atoms with Crippen LogP contribution in [-0.2, 0) is 0 Å². The Bertz CT molecular complexity index is 566. The number of halogens is 1. The van der Waals surface area contributed by atoms with Crippen molar-refractivity contribution in [1.29, 1.82) is 0 Å². The molecule has 0 aliphatic rings. The normalized spacial score (nSPS) is 12.4. The van der Waals surface area contributed by atoms with Crippen molar-refractivity contribution in [2.75, 3.05) is 12.8 Å². The summed E-state index contributed by atoms with van der Waals surface area (Å²) >= 11 is 7.76. The van der Waals surface area contributed by atoms with E-state index in [9.17, 15) is 0 Å². The van der Waals surface area contributed by atoms with E-state index in [1.807, 2.05) is 30.9 Å². The fourth-order valence-corrected chi connectivity index (χ4v) is 3.33. The zero-order chi connectivity index (χ0) is 14.5. The van der Waals surface area contributed by atoms with Crippen molar-refractivity contribution >= 4 is 23.4 Å². The number of aryl methyl sites for hydroxylation is 2. The standard InChI is InChI=1S/C17H20ClNS/c1-12-4-5-13(2)16(10-12)17(19-3)11-20-15-8-6-14(18)7-9-15/h4-10,17,19H,11H2,1-3H3. The Morgan fingerprint density at radius 2 is 1.80 bits per heavy atom. The van der Waals surface area contributed by atoms with Gasteiger partial charge < -0.3 is 5.32 Å². The molecular weight excluding hydrogens is 286 g/mol. The molecule has 20 heavy (non-hydrogen) atoms. The molecule has 0 aliphatic heterocycles. The van der Waals surface area contributed by atoms with Crippen LogP contribution in [0.15, 0.2) is 47.4 Å². The fraction of sp³-hybridized carbons (Fsp3) is 0.294. The second-order valence-corrected chi connectivity index (χ2v) is 6.50. The molecule has 2 aromatic rings. The van der Waals surface area contributed by atoms with Gasteiger partial charge in [-0.25, -0.2) is 0 Å². The van der Waals surface area contributed by atoms with Crippen LogP contribution in [0, 0.1) is 13.8 Å². The lowest BCUT2D eigenvalue weighted by Gasteiger charge is -2.19. The third-order valence-electron chi connectivity index (χ3n) is 3.39. The molecule has 1 N–H and O–H groups in total. The highest BCUT2D eigenvalue weighted by atomic mass is 35.5. The molecule has 0 saturated heterocycles. The maximum Gasteiger partial charge on any atom is 0.0415 e. The first kappa shape index (κ1) is 15.4. The van der Waals surface area contributed by atoms with E-state index in [0.717, 1.165) is 10.8 Å². The van der Waals surface area contributed by atoms with E-state index in [0.29, 0.717) is 6.04 Å². The van der Waals surface area contributed by atoms with E-state index in [1.165, 1.54) is 21.6 Å². The zero-order valence-corrected chi connectivity index (χ0v) is 13.7. The second-order valence-electron chi connectivity index (χ2n) is 4.97. The summed E-state index contributed by atoms with van der Waals surface area (Å²) in [4.78, 5) is 1.25. The van der Waals surface area contributed by atoms with Gasteiger partial charge in [-0.3, -0.25) is 0 Å². The summed E-state index contributed by atoms with van der Waals surface area (Å²) in [5.41, 5.74) is 4.03. The SMILES string of the molecule is CNC(CSc1ccc(Cl)cc1)c1cc(C)ccc1C. The molecule has 0 amide bonds. The lowest BCUT2D eigenvalue weighted by Crippen LogP contribution is -2.19. The summed E-state index contributed by atoms with van der Waals surface area (Å²) in [5, 5.41) is 4.21. The number of nitrogens with one attached hydrogen (secondary N) is 1. The molecule has 0 heterocycles. The van der Waals surface area contributed by atoms with Crippen LogP contribution in [0.4, 0.5) is 0 Å². The molecule has 1 nitrogen and oxygen atoms in total. The predicted octanol–water partition coefficient (Wildman–Crippen LogP) is 5.01. The van der Waals surface area contributed by atoms with E-state index >= 15 is 0 Å². The van der Waals surface area contributed by atoms with Gasteiger partial charge in [0.2, 0.25) is 0 Å². The van der Waals surface area contributed by atoms with E-state index < -0.39 is 0 Å². The molecule has 0 spiro atoms. The van der Waals surface area contributed by atoms with Gasteiger partial charge in [-0.2, -0.15) is 0 Å². The van der Waals surface area contributed by atoms with Crippen molar-refractivity contribution in [2.45, 2.75) is 24.8 Å². The van der Waals surface area contributed by atoms with Crippen molar-refractivity contribution in [3.05, 3.63) is 64.2 Å². The van der Waals surface area contributed by atoms with Gasteiger partial charge in [-0.05, 0) is 56.3 Å². The minimum atomic E-state index is 0.357.